The van der Waals surface area contributed by atoms with Gasteiger partial charge in [0.25, 0.3) is 0 Å². The van der Waals surface area contributed by atoms with Crippen LogP contribution in [0.2, 0.25) is 0 Å². The topological polar surface area (TPSA) is 86.0 Å². The second-order valence-corrected chi connectivity index (χ2v) is 3.69. The van der Waals surface area contributed by atoms with E-state index in [0.29, 0.717) is 23.9 Å². The molecule has 0 radical (unpaired) electrons. The molecule has 6 heteroatoms. The molecule has 1 heterocycles. The van der Waals surface area contributed by atoms with Gasteiger partial charge in [0.2, 0.25) is 0 Å². The molecular formula is C12H16N4O2. The Kier molecular flexibility index (Phi) is 3.78. The number of methoxy groups -OCH3 is 1. The van der Waals surface area contributed by atoms with E-state index in [1.807, 2.05) is 25.1 Å². The SMILES string of the molecule is CCOc1cc([C@H](N)c2ncn[nH]2)ccc1OC. The average molecular weight is 248 g/mol. The molecule has 0 spiro atoms. The van der Waals surface area contributed by atoms with Crippen LogP contribution >= 0.6 is 0 Å². The predicted octanol–water partition coefficient (Wildman–Crippen LogP) is 1.26. The number of nitrogens with one attached hydrogen (secondary N) is 1. The van der Waals surface area contributed by atoms with Gasteiger partial charge in [-0.3, -0.25) is 5.10 Å². The first-order valence-corrected chi connectivity index (χ1v) is 5.67. The van der Waals surface area contributed by atoms with E-state index < -0.39 is 0 Å². The highest BCUT2D eigenvalue weighted by Crippen LogP contribution is 2.30. The first kappa shape index (κ1) is 12.4. The lowest BCUT2D eigenvalue weighted by atomic mass is 10.1. The van der Waals surface area contributed by atoms with Crippen molar-refractivity contribution in [3.05, 3.63) is 35.9 Å². The summed E-state index contributed by atoms with van der Waals surface area (Å²) in [6.45, 7) is 2.49. The number of ether oxygens (including phenoxy) is 2. The van der Waals surface area contributed by atoms with E-state index in [1.165, 1.54) is 6.33 Å². The van der Waals surface area contributed by atoms with Gasteiger partial charge < -0.3 is 15.2 Å². The van der Waals surface area contributed by atoms with E-state index in [-0.39, 0.29) is 6.04 Å². The summed E-state index contributed by atoms with van der Waals surface area (Å²) in [6.07, 6.45) is 1.43. The van der Waals surface area contributed by atoms with Gasteiger partial charge in [-0.1, -0.05) is 6.07 Å². The molecule has 0 amide bonds. The number of hydrogen-bond donors (Lipinski definition) is 2. The van der Waals surface area contributed by atoms with Crippen molar-refractivity contribution in [2.24, 2.45) is 5.73 Å². The van der Waals surface area contributed by atoms with Crippen LogP contribution in [0.15, 0.2) is 24.5 Å². The molecule has 2 aromatic rings. The summed E-state index contributed by atoms with van der Waals surface area (Å²) in [5.74, 6) is 1.97. The van der Waals surface area contributed by atoms with Crippen molar-refractivity contribution in [2.75, 3.05) is 13.7 Å². The van der Waals surface area contributed by atoms with Crippen molar-refractivity contribution in [3.8, 4) is 11.5 Å². The highest BCUT2D eigenvalue weighted by Gasteiger charge is 2.14. The van der Waals surface area contributed by atoms with Gasteiger partial charge >= 0.3 is 0 Å². The number of rotatable bonds is 5. The molecule has 0 saturated carbocycles. The van der Waals surface area contributed by atoms with Crippen LogP contribution in [-0.4, -0.2) is 28.9 Å². The zero-order valence-corrected chi connectivity index (χ0v) is 10.4. The molecule has 3 N–H and O–H groups in total. The fourth-order valence-electron chi connectivity index (χ4n) is 1.68. The lowest BCUT2D eigenvalue weighted by Gasteiger charge is -2.13. The maximum absolute atomic E-state index is 6.09. The minimum Gasteiger partial charge on any atom is -0.493 e. The second kappa shape index (κ2) is 5.50. The number of aromatic amines is 1. The Morgan fingerprint density at radius 2 is 2.22 bits per heavy atom. The first-order chi connectivity index (χ1) is 8.76. The van der Waals surface area contributed by atoms with Crippen LogP contribution < -0.4 is 15.2 Å². The molecule has 1 aromatic heterocycles. The summed E-state index contributed by atoms with van der Waals surface area (Å²) in [6, 6.07) is 5.21. The highest BCUT2D eigenvalue weighted by atomic mass is 16.5. The summed E-state index contributed by atoms with van der Waals surface area (Å²) < 4.78 is 10.7. The van der Waals surface area contributed by atoms with Gasteiger partial charge in [0.15, 0.2) is 11.5 Å². The van der Waals surface area contributed by atoms with Gasteiger partial charge in [-0.2, -0.15) is 5.10 Å². The Labute approximate surface area is 105 Å². The zero-order chi connectivity index (χ0) is 13.0. The number of aromatic nitrogens is 3. The number of benzene rings is 1. The van der Waals surface area contributed by atoms with E-state index in [2.05, 4.69) is 15.2 Å². The van der Waals surface area contributed by atoms with Crippen LogP contribution in [0.4, 0.5) is 0 Å². The third-order valence-electron chi connectivity index (χ3n) is 2.57. The minimum absolute atomic E-state index is 0.363. The first-order valence-electron chi connectivity index (χ1n) is 5.67. The van der Waals surface area contributed by atoms with Crippen LogP contribution in [0, 0.1) is 0 Å². The van der Waals surface area contributed by atoms with E-state index >= 15 is 0 Å². The molecule has 1 aromatic carbocycles. The van der Waals surface area contributed by atoms with Crippen molar-refractivity contribution in [1.29, 1.82) is 0 Å². The van der Waals surface area contributed by atoms with E-state index in [9.17, 15) is 0 Å². The maximum Gasteiger partial charge on any atom is 0.161 e. The molecule has 2 rings (SSSR count). The van der Waals surface area contributed by atoms with Gasteiger partial charge in [-0.05, 0) is 24.6 Å². The number of nitrogens with zero attached hydrogens (tertiary/aromatic N) is 2. The number of nitrogens with two attached hydrogens (primary N) is 1. The smallest absolute Gasteiger partial charge is 0.161 e. The third-order valence-corrected chi connectivity index (χ3v) is 2.57. The van der Waals surface area contributed by atoms with Crippen molar-refractivity contribution in [2.45, 2.75) is 13.0 Å². The highest BCUT2D eigenvalue weighted by molar-refractivity contribution is 5.44. The van der Waals surface area contributed by atoms with Crippen LogP contribution in [0.1, 0.15) is 24.4 Å². The van der Waals surface area contributed by atoms with Crippen LogP contribution in [-0.2, 0) is 0 Å². The monoisotopic (exact) mass is 248 g/mol. The van der Waals surface area contributed by atoms with Crippen LogP contribution in [0.3, 0.4) is 0 Å². The standard InChI is InChI=1S/C12H16N4O2/c1-3-18-10-6-8(4-5-9(10)17-2)11(13)12-14-7-15-16-12/h4-7,11H,3,13H2,1-2H3,(H,14,15,16)/t11-/m0/s1. The molecule has 1 atom stereocenters. The Bertz CT molecular complexity index is 499. The van der Waals surface area contributed by atoms with Gasteiger partial charge in [-0.25, -0.2) is 4.98 Å². The molecule has 6 nitrogen and oxygen atoms in total. The molecule has 0 saturated heterocycles. The van der Waals surface area contributed by atoms with Crippen molar-refractivity contribution in [1.82, 2.24) is 15.2 Å². The molecular weight excluding hydrogens is 232 g/mol. The molecule has 0 fully saturated rings. The van der Waals surface area contributed by atoms with E-state index in [1.54, 1.807) is 7.11 Å². The Balaban J connectivity index is 2.31. The summed E-state index contributed by atoms with van der Waals surface area (Å²) in [5, 5.41) is 6.55. The lowest BCUT2D eigenvalue weighted by Crippen LogP contribution is -2.14. The van der Waals surface area contributed by atoms with E-state index in [0.717, 1.165) is 5.56 Å². The van der Waals surface area contributed by atoms with Crippen LogP contribution in [0.25, 0.3) is 0 Å². The summed E-state index contributed by atoms with van der Waals surface area (Å²) in [5.41, 5.74) is 6.97. The molecule has 0 aliphatic heterocycles. The quantitative estimate of drug-likeness (QED) is 0.832. The van der Waals surface area contributed by atoms with Gasteiger partial charge in [0.05, 0.1) is 19.8 Å². The molecule has 0 aliphatic carbocycles. The van der Waals surface area contributed by atoms with Gasteiger partial charge in [0, 0.05) is 0 Å². The zero-order valence-electron chi connectivity index (χ0n) is 10.4. The third kappa shape index (κ3) is 2.43. The maximum atomic E-state index is 6.09. The summed E-state index contributed by atoms with van der Waals surface area (Å²) in [4.78, 5) is 4.05. The number of H-pyrrole nitrogens is 1. The lowest BCUT2D eigenvalue weighted by molar-refractivity contribution is 0.310. The van der Waals surface area contributed by atoms with E-state index in [4.69, 9.17) is 15.2 Å². The molecule has 0 aliphatic rings. The predicted molar refractivity (Wildman–Crippen MR) is 66.6 cm³/mol. The minimum atomic E-state index is -0.363. The molecule has 18 heavy (non-hydrogen) atoms. The molecule has 0 bridgehead atoms. The fourth-order valence-corrected chi connectivity index (χ4v) is 1.68. The van der Waals surface area contributed by atoms with Gasteiger partial charge in [-0.15, -0.1) is 0 Å². The largest absolute Gasteiger partial charge is 0.493 e. The number of hydrogen-bond acceptors (Lipinski definition) is 5. The normalized spacial score (nSPS) is 12.2. The van der Waals surface area contributed by atoms with Crippen molar-refractivity contribution in [3.63, 3.8) is 0 Å². The molecule has 0 unspecified atom stereocenters. The summed E-state index contributed by atoms with van der Waals surface area (Å²) in [7, 11) is 1.61. The summed E-state index contributed by atoms with van der Waals surface area (Å²) >= 11 is 0. The average Bonchev–Trinajstić information content (AvgIpc) is 2.92. The Hall–Kier alpha value is -2.08. The van der Waals surface area contributed by atoms with Gasteiger partial charge in [0.1, 0.15) is 12.2 Å². The Morgan fingerprint density at radius 3 is 2.83 bits per heavy atom. The molecule has 96 valence electrons. The second-order valence-electron chi connectivity index (χ2n) is 3.69. The van der Waals surface area contributed by atoms with Crippen molar-refractivity contribution >= 4 is 0 Å². The van der Waals surface area contributed by atoms with Crippen LogP contribution in [0.5, 0.6) is 11.5 Å². The fraction of sp³-hybridized carbons (Fsp3) is 0.333. The van der Waals surface area contributed by atoms with Crippen molar-refractivity contribution < 1.29 is 9.47 Å². The Morgan fingerprint density at radius 1 is 1.39 bits per heavy atom.